The van der Waals surface area contributed by atoms with Gasteiger partial charge in [0.25, 0.3) is 5.91 Å². The second-order valence-corrected chi connectivity index (χ2v) is 8.71. The van der Waals surface area contributed by atoms with E-state index in [1.54, 1.807) is 24.3 Å². The topological polar surface area (TPSA) is 148 Å². The van der Waals surface area contributed by atoms with Crippen molar-refractivity contribution in [2.24, 2.45) is 17.6 Å². The molecule has 0 bridgehead atoms. The predicted octanol–water partition coefficient (Wildman–Crippen LogP) is 4.56. The van der Waals surface area contributed by atoms with Crippen molar-refractivity contribution < 1.29 is 9.72 Å². The largest absolute Gasteiger partial charge is 0.364 e. The molecule has 10 nitrogen and oxygen atoms in total. The van der Waals surface area contributed by atoms with Gasteiger partial charge in [-0.25, -0.2) is 4.98 Å². The quantitative estimate of drug-likeness (QED) is 0.260. The molecule has 2 aromatic carbocycles. The number of nitro groups is 1. The van der Waals surface area contributed by atoms with Crippen LogP contribution in [0.15, 0.2) is 60.8 Å². The fourth-order valence-corrected chi connectivity index (χ4v) is 4.17. The van der Waals surface area contributed by atoms with Gasteiger partial charge in [0.05, 0.1) is 4.92 Å². The van der Waals surface area contributed by atoms with Crippen LogP contribution in [0.3, 0.4) is 0 Å². The van der Waals surface area contributed by atoms with Crippen LogP contribution in [0.2, 0.25) is 0 Å². The van der Waals surface area contributed by atoms with Crippen molar-refractivity contribution in [2.75, 3.05) is 29.0 Å². The van der Waals surface area contributed by atoms with Crippen LogP contribution >= 0.6 is 0 Å². The number of nitrogens with two attached hydrogens (primary N) is 1. The van der Waals surface area contributed by atoms with Crippen molar-refractivity contribution >= 4 is 34.7 Å². The van der Waals surface area contributed by atoms with Crippen LogP contribution in [0.1, 0.15) is 36.0 Å². The summed E-state index contributed by atoms with van der Waals surface area (Å²) < 4.78 is 0. The third-order valence-corrected chi connectivity index (χ3v) is 6.26. The first-order valence-electron chi connectivity index (χ1n) is 11.7. The Morgan fingerprint density at radius 3 is 2.34 bits per heavy atom. The number of anilines is 4. The monoisotopic (exact) mass is 475 g/mol. The zero-order valence-electron chi connectivity index (χ0n) is 19.3. The molecule has 1 aliphatic carbocycles. The number of amides is 1. The highest BCUT2D eigenvalue weighted by molar-refractivity contribution is 6.04. The number of hydrogen-bond donors (Lipinski definition) is 4. The standard InChI is InChI=1S/C25H29N7O3/c26-14-17-6-8-18(9-7-17)15-27-23-22(32(34)35)16-28-25(31-23)30-21-12-10-19(11-13-21)24(33)29-20-4-2-1-3-5-20/h1-5,10-13,16-18H,6-9,14-15,26H2,(H,29,33)(H2,27,28,30,31). The Labute approximate surface area is 203 Å². The number of nitrogens with zero attached hydrogens (tertiary/aromatic N) is 3. The first kappa shape index (κ1) is 24.1. The van der Waals surface area contributed by atoms with Gasteiger partial charge < -0.3 is 21.7 Å². The van der Waals surface area contributed by atoms with E-state index in [1.807, 2.05) is 30.3 Å². The fraction of sp³-hybridized carbons (Fsp3) is 0.320. The average molecular weight is 476 g/mol. The van der Waals surface area contributed by atoms with Crippen LogP contribution in [0.25, 0.3) is 0 Å². The second-order valence-electron chi connectivity index (χ2n) is 8.71. The van der Waals surface area contributed by atoms with E-state index in [0.29, 0.717) is 41.9 Å². The first-order chi connectivity index (χ1) is 17.0. The van der Waals surface area contributed by atoms with Gasteiger partial charge in [0.1, 0.15) is 6.20 Å². The summed E-state index contributed by atoms with van der Waals surface area (Å²) in [5.74, 6) is 1.20. The summed E-state index contributed by atoms with van der Waals surface area (Å²) in [6, 6.07) is 16.0. The number of hydrogen-bond acceptors (Lipinski definition) is 8. The lowest BCUT2D eigenvalue weighted by Crippen LogP contribution is -2.25. The number of para-hydroxylation sites is 1. The van der Waals surface area contributed by atoms with Gasteiger partial charge in [0, 0.05) is 23.5 Å². The number of aromatic nitrogens is 2. The van der Waals surface area contributed by atoms with Gasteiger partial charge in [-0.05, 0) is 80.5 Å². The number of benzene rings is 2. The minimum Gasteiger partial charge on any atom is -0.364 e. The van der Waals surface area contributed by atoms with Crippen molar-refractivity contribution in [3.05, 3.63) is 76.5 Å². The maximum atomic E-state index is 12.4. The smallest absolute Gasteiger partial charge is 0.329 e. The van der Waals surface area contributed by atoms with Crippen molar-refractivity contribution in [3.8, 4) is 0 Å². The van der Waals surface area contributed by atoms with Crippen molar-refractivity contribution in [3.63, 3.8) is 0 Å². The maximum absolute atomic E-state index is 12.4. The van der Waals surface area contributed by atoms with Crippen molar-refractivity contribution in [2.45, 2.75) is 25.7 Å². The van der Waals surface area contributed by atoms with Gasteiger partial charge in [-0.1, -0.05) is 18.2 Å². The second kappa shape index (κ2) is 11.4. The number of nitrogens with one attached hydrogen (secondary N) is 3. The minimum atomic E-state index is -0.489. The van der Waals surface area contributed by atoms with Gasteiger partial charge in [0.2, 0.25) is 11.8 Å². The van der Waals surface area contributed by atoms with Crippen LogP contribution in [-0.2, 0) is 0 Å². The number of carbonyl (C=O) groups excluding carboxylic acids is 1. The number of rotatable bonds is 9. The van der Waals surface area contributed by atoms with Gasteiger partial charge >= 0.3 is 5.69 Å². The first-order valence-corrected chi connectivity index (χ1v) is 11.7. The molecule has 35 heavy (non-hydrogen) atoms. The lowest BCUT2D eigenvalue weighted by atomic mass is 9.82. The van der Waals surface area contributed by atoms with E-state index in [-0.39, 0.29) is 23.4 Å². The molecular weight excluding hydrogens is 446 g/mol. The highest BCUT2D eigenvalue weighted by Gasteiger charge is 2.22. The van der Waals surface area contributed by atoms with Crippen molar-refractivity contribution in [1.29, 1.82) is 0 Å². The third-order valence-electron chi connectivity index (χ3n) is 6.26. The molecule has 3 aromatic rings. The molecular formula is C25H29N7O3. The summed E-state index contributed by atoms with van der Waals surface area (Å²) in [7, 11) is 0. The Kier molecular flexibility index (Phi) is 7.84. The molecule has 0 spiro atoms. The number of carbonyl (C=O) groups is 1. The van der Waals surface area contributed by atoms with E-state index >= 15 is 0 Å². The molecule has 4 rings (SSSR count). The summed E-state index contributed by atoms with van der Waals surface area (Å²) in [5.41, 5.74) is 7.46. The van der Waals surface area contributed by atoms with Gasteiger partial charge in [-0.3, -0.25) is 14.9 Å². The molecule has 1 heterocycles. The maximum Gasteiger partial charge on any atom is 0.329 e. The molecule has 0 unspecified atom stereocenters. The van der Waals surface area contributed by atoms with E-state index in [2.05, 4.69) is 25.9 Å². The molecule has 0 atom stereocenters. The summed E-state index contributed by atoms with van der Waals surface area (Å²) in [4.78, 5) is 31.8. The minimum absolute atomic E-state index is 0.167. The summed E-state index contributed by atoms with van der Waals surface area (Å²) in [6.07, 6.45) is 5.46. The van der Waals surface area contributed by atoms with Gasteiger partial charge in [0.15, 0.2) is 0 Å². The average Bonchev–Trinajstić information content (AvgIpc) is 2.88. The van der Waals surface area contributed by atoms with E-state index in [1.165, 1.54) is 6.20 Å². The van der Waals surface area contributed by atoms with Crippen LogP contribution < -0.4 is 21.7 Å². The molecule has 0 saturated heterocycles. The van der Waals surface area contributed by atoms with E-state index < -0.39 is 4.92 Å². The SMILES string of the molecule is NCC1CCC(CNc2nc(Nc3ccc(C(=O)Nc4ccccc4)cc3)ncc2[N+](=O)[O-])CC1. The molecule has 1 amide bonds. The lowest BCUT2D eigenvalue weighted by molar-refractivity contribution is -0.384. The Hall–Kier alpha value is -4.05. The molecule has 10 heteroatoms. The van der Waals surface area contributed by atoms with Crippen LogP contribution in [0.5, 0.6) is 0 Å². The normalized spacial score (nSPS) is 17.4. The van der Waals surface area contributed by atoms with Crippen LogP contribution in [-0.4, -0.2) is 33.9 Å². The molecule has 5 N–H and O–H groups in total. The summed E-state index contributed by atoms with van der Waals surface area (Å²) in [6.45, 7) is 1.32. The fourth-order valence-electron chi connectivity index (χ4n) is 4.17. The summed E-state index contributed by atoms with van der Waals surface area (Å²) in [5, 5.41) is 20.5. The molecule has 0 radical (unpaired) electrons. The lowest BCUT2D eigenvalue weighted by Gasteiger charge is -2.27. The molecule has 182 valence electrons. The molecule has 1 saturated carbocycles. The van der Waals surface area contributed by atoms with Crippen molar-refractivity contribution in [1.82, 2.24) is 9.97 Å². The summed E-state index contributed by atoms with van der Waals surface area (Å²) >= 11 is 0. The molecule has 1 aromatic heterocycles. The molecule has 0 aliphatic heterocycles. The Bertz CT molecular complexity index is 1150. The highest BCUT2D eigenvalue weighted by atomic mass is 16.6. The zero-order chi connectivity index (χ0) is 24.6. The van der Waals surface area contributed by atoms with Gasteiger partial charge in [-0.15, -0.1) is 0 Å². The van der Waals surface area contributed by atoms with Crippen LogP contribution in [0.4, 0.5) is 28.8 Å². The highest BCUT2D eigenvalue weighted by Crippen LogP contribution is 2.30. The predicted molar refractivity (Wildman–Crippen MR) is 136 cm³/mol. The van der Waals surface area contributed by atoms with E-state index in [9.17, 15) is 14.9 Å². The van der Waals surface area contributed by atoms with E-state index in [0.717, 1.165) is 25.7 Å². The Balaban J connectivity index is 1.39. The zero-order valence-corrected chi connectivity index (χ0v) is 19.3. The third kappa shape index (κ3) is 6.51. The molecule has 1 aliphatic rings. The van der Waals surface area contributed by atoms with Crippen LogP contribution in [0, 0.1) is 22.0 Å². The molecule has 1 fully saturated rings. The Morgan fingerprint density at radius 2 is 1.69 bits per heavy atom. The van der Waals surface area contributed by atoms with E-state index in [4.69, 9.17) is 5.73 Å². The Morgan fingerprint density at radius 1 is 1.00 bits per heavy atom. The van der Waals surface area contributed by atoms with Gasteiger partial charge in [-0.2, -0.15) is 4.98 Å².